The van der Waals surface area contributed by atoms with Gasteiger partial charge in [0.2, 0.25) is 0 Å². The highest BCUT2D eigenvalue weighted by atomic mass is 32.1. The molecule has 2 rings (SSSR count). The van der Waals surface area contributed by atoms with Gasteiger partial charge in [-0.15, -0.1) is 0 Å². The van der Waals surface area contributed by atoms with Gasteiger partial charge in [-0.3, -0.25) is 0 Å². The third-order valence-corrected chi connectivity index (χ3v) is 2.98. The van der Waals surface area contributed by atoms with E-state index in [1.54, 1.807) is 0 Å². The zero-order chi connectivity index (χ0) is 10.7. The Morgan fingerprint density at radius 1 is 0.867 bits per heavy atom. The lowest BCUT2D eigenvalue weighted by atomic mass is 10.0. The first-order chi connectivity index (χ1) is 7.29. The van der Waals surface area contributed by atoms with Crippen molar-refractivity contribution in [1.82, 2.24) is 0 Å². The molecule has 0 spiro atoms. The number of nitrogens with two attached hydrogens (primary N) is 1. The van der Waals surface area contributed by atoms with Crippen LogP contribution in [-0.2, 0) is 0 Å². The first-order valence-electron chi connectivity index (χ1n) is 4.86. The average molecular weight is 215 g/mol. The molecule has 0 saturated heterocycles. The Bertz CT molecular complexity index is 439. The van der Waals surface area contributed by atoms with Gasteiger partial charge in [0.25, 0.3) is 0 Å². The van der Waals surface area contributed by atoms with E-state index < -0.39 is 0 Å². The lowest BCUT2D eigenvalue weighted by Crippen LogP contribution is -1.98. The predicted octanol–water partition coefficient (Wildman–Crippen LogP) is 3.29. The molecule has 0 fully saturated rings. The maximum absolute atomic E-state index is 5.91. The summed E-state index contributed by atoms with van der Waals surface area (Å²) in [5.41, 5.74) is 8.93. The number of hydrogen-bond acceptors (Lipinski definition) is 2. The topological polar surface area (TPSA) is 26.0 Å². The van der Waals surface area contributed by atoms with E-state index in [0.717, 1.165) is 11.3 Å². The summed E-state index contributed by atoms with van der Waals surface area (Å²) in [5, 5.41) is 0.0485. The molecule has 0 aromatic heterocycles. The van der Waals surface area contributed by atoms with Gasteiger partial charge in [-0.05, 0) is 17.2 Å². The van der Waals surface area contributed by atoms with Crippen LogP contribution >= 0.6 is 12.6 Å². The van der Waals surface area contributed by atoms with Gasteiger partial charge in [0, 0.05) is 5.69 Å². The highest BCUT2D eigenvalue weighted by Gasteiger charge is 2.10. The van der Waals surface area contributed by atoms with E-state index in [1.807, 2.05) is 42.5 Å². The van der Waals surface area contributed by atoms with Gasteiger partial charge >= 0.3 is 0 Å². The van der Waals surface area contributed by atoms with E-state index in [2.05, 4.69) is 24.8 Å². The predicted molar refractivity (Wildman–Crippen MR) is 68.1 cm³/mol. The van der Waals surface area contributed by atoms with Crippen molar-refractivity contribution in [2.24, 2.45) is 0 Å². The van der Waals surface area contributed by atoms with Gasteiger partial charge in [-0.25, -0.2) is 0 Å². The fraction of sp³-hybridized carbons (Fsp3) is 0.0769. The van der Waals surface area contributed by atoms with E-state index in [1.165, 1.54) is 5.56 Å². The van der Waals surface area contributed by atoms with Gasteiger partial charge in [-0.2, -0.15) is 12.6 Å². The van der Waals surface area contributed by atoms with Crippen molar-refractivity contribution < 1.29 is 0 Å². The number of hydrogen-bond donors (Lipinski definition) is 2. The monoisotopic (exact) mass is 215 g/mol. The van der Waals surface area contributed by atoms with Crippen molar-refractivity contribution in [3.8, 4) is 0 Å². The lowest BCUT2D eigenvalue weighted by molar-refractivity contribution is 1.17. The van der Waals surface area contributed by atoms with Crippen molar-refractivity contribution >= 4 is 18.3 Å². The minimum absolute atomic E-state index is 0.0485. The Morgan fingerprint density at radius 3 is 2.13 bits per heavy atom. The molecule has 0 radical (unpaired) electrons. The van der Waals surface area contributed by atoms with Crippen LogP contribution in [0.25, 0.3) is 0 Å². The third-order valence-electron chi connectivity index (χ3n) is 2.41. The largest absolute Gasteiger partial charge is 0.398 e. The number of benzene rings is 2. The highest BCUT2D eigenvalue weighted by Crippen LogP contribution is 2.31. The average Bonchev–Trinajstić information content (AvgIpc) is 2.30. The zero-order valence-electron chi connectivity index (χ0n) is 8.30. The van der Waals surface area contributed by atoms with Crippen LogP contribution in [0.4, 0.5) is 5.69 Å². The molecule has 0 aliphatic carbocycles. The van der Waals surface area contributed by atoms with Gasteiger partial charge in [0.1, 0.15) is 0 Å². The van der Waals surface area contributed by atoms with Crippen molar-refractivity contribution in [2.45, 2.75) is 5.25 Å². The van der Waals surface area contributed by atoms with E-state index in [0.29, 0.717) is 0 Å². The van der Waals surface area contributed by atoms with Crippen molar-refractivity contribution in [3.63, 3.8) is 0 Å². The van der Waals surface area contributed by atoms with Gasteiger partial charge in [0.05, 0.1) is 5.25 Å². The minimum atomic E-state index is 0.0485. The molecule has 1 atom stereocenters. The second-order valence-electron chi connectivity index (χ2n) is 3.44. The molecule has 0 heterocycles. The molecule has 0 bridgehead atoms. The Morgan fingerprint density at radius 2 is 1.47 bits per heavy atom. The van der Waals surface area contributed by atoms with Crippen LogP contribution in [0.15, 0.2) is 54.6 Å². The fourth-order valence-corrected chi connectivity index (χ4v) is 1.98. The number of para-hydroxylation sites is 1. The molecule has 1 nitrogen and oxygen atoms in total. The number of rotatable bonds is 2. The van der Waals surface area contributed by atoms with Crippen LogP contribution in [0.1, 0.15) is 16.4 Å². The summed E-state index contributed by atoms with van der Waals surface area (Å²) < 4.78 is 0. The Balaban J connectivity index is 2.37. The highest BCUT2D eigenvalue weighted by molar-refractivity contribution is 7.80. The summed E-state index contributed by atoms with van der Waals surface area (Å²) in [6.45, 7) is 0. The first-order valence-corrected chi connectivity index (χ1v) is 5.38. The maximum atomic E-state index is 5.91. The summed E-state index contributed by atoms with van der Waals surface area (Å²) in [6.07, 6.45) is 0. The summed E-state index contributed by atoms with van der Waals surface area (Å²) in [5.74, 6) is 0. The quantitative estimate of drug-likeness (QED) is 0.583. The van der Waals surface area contributed by atoms with Crippen LogP contribution in [0.3, 0.4) is 0 Å². The fourth-order valence-electron chi connectivity index (χ4n) is 1.57. The van der Waals surface area contributed by atoms with E-state index >= 15 is 0 Å². The van der Waals surface area contributed by atoms with Crippen LogP contribution < -0.4 is 5.73 Å². The lowest BCUT2D eigenvalue weighted by Gasteiger charge is -2.13. The van der Waals surface area contributed by atoms with E-state index in [9.17, 15) is 0 Å². The van der Waals surface area contributed by atoms with E-state index in [4.69, 9.17) is 5.73 Å². The van der Waals surface area contributed by atoms with Gasteiger partial charge in [0.15, 0.2) is 0 Å². The molecular weight excluding hydrogens is 202 g/mol. The van der Waals surface area contributed by atoms with Crippen LogP contribution in [-0.4, -0.2) is 0 Å². The molecule has 15 heavy (non-hydrogen) atoms. The van der Waals surface area contributed by atoms with Crippen molar-refractivity contribution in [1.29, 1.82) is 0 Å². The second kappa shape index (κ2) is 4.41. The standard InChI is InChI=1S/C13H13NS/c14-12-9-5-4-8-11(12)13(15)10-6-2-1-3-7-10/h1-9,13,15H,14H2. The molecule has 2 aromatic carbocycles. The van der Waals surface area contributed by atoms with E-state index in [-0.39, 0.29) is 5.25 Å². The minimum Gasteiger partial charge on any atom is -0.398 e. The molecule has 0 amide bonds. The summed E-state index contributed by atoms with van der Waals surface area (Å²) >= 11 is 4.60. The third kappa shape index (κ3) is 2.16. The van der Waals surface area contributed by atoms with Gasteiger partial charge < -0.3 is 5.73 Å². The van der Waals surface area contributed by atoms with Gasteiger partial charge in [-0.1, -0.05) is 48.5 Å². The van der Waals surface area contributed by atoms with Crippen LogP contribution in [0.5, 0.6) is 0 Å². The summed E-state index contributed by atoms with van der Waals surface area (Å²) in [4.78, 5) is 0. The molecule has 0 aliphatic rings. The van der Waals surface area contributed by atoms with Crippen LogP contribution in [0, 0.1) is 0 Å². The summed E-state index contributed by atoms with van der Waals surface area (Å²) in [6, 6.07) is 18.0. The molecule has 1 unspecified atom stereocenters. The number of nitrogen functional groups attached to an aromatic ring is 1. The van der Waals surface area contributed by atoms with Crippen molar-refractivity contribution in [3.05, 3.63) is 65.7 Å². The summed E-state index contributed by atoms with van der Waals surface area (Å²) in [7, 11) is 0. The number of anilines is 1. The molecule has 2 N–H and O–H groups in total. The molecule has 2 aromatic rings. The first kappa shape index (κ1) is 10.1. The maximum Gasteiger partial charge on any atom is 0.0536 e. The molecule has 2 heteroatoms. The Labute approximate surface area is 95.3 Å². The molecular formula is C13H13NS. The zero-order valence-corrected chi connectivity index (χ0v) is 9.19. The second-order valence-corrected chi connectivity index (χ2v) is 3.96. The normalized spacial score (nSPS) is 12.3. The molecule has 76 valence electrons. The molecule has 0 saturated carbocycles. The Hall–Kier alpha value is -1.41. The van der Waals surface area contributed by atoms with Crippen LogP contribution in [0.2, 0.25) is 0 Å². The molecule has 0 aliphatic heterocycles. The smallest absolute Gasteiger partial charge is 0.0536 e. The van der Waals surface area contributed by atoms with Crippen molar-refractivity contribution in [2.75, 3.05) is 5.73 Å². The SMILES string of the molecule is Nc1ccccc1C(S)c1ccccc1. The number of thiol groups is 1. The Kier molecular flexibility index (Phi) is 2.97.